The third-order valence-electron chi connectivity index (χ3n) is 5.39. The van der Waals surface area contributed by atoms with Crippen LogP contribution >= 0.6 is 0 Å². The van der Waals surface area contributed by atoms with Crippen molar-refractivity contribution in [3.05, 3.63) is 59.9 Å². The van der Waals surface area contributed by atoms with Gasteiger partial charge in [-0.15, -0.1) is 0 Å². The van der Waals surface area contributed by atoms with Crippen LogP contribution in [0.5, 0.6) is 0 Å². The van der Waals surface area contributed by atoms with E-state index in [0.29, 0.717) is 26.1 Å². The summed E-state index contributed by atoms with van der Waals surface area (Å²) in [6, 6.07) is 14.0. The fourth-order valence-electron chi connectivity index (χ4n) is 3.88. The molecule has 1 aliphatic rings. The maximum Gasteiger partial charge on any atom is 0.254 e. The second-order valence-electron chi connectivity index (χ2n) is 7.96. The molecule has 0 saturated carbocycles. The van der Waals surface area contributed by atoms with E-state index < -0.39 is 5.60 Å². The normalized spacial score (nSPS) is 19.0. The topological polar surface area (TPSA) is 58.6 Å². The smallest absolute Gasteiger partial charge is 0.254 e. The second-order valence-corrected chi connectivity index (χ2v) is 7.96. The van der Waals surface area contributed by atoms with E-state index in [2.05, 4.69) is 5.32 Å². The van der Waals surface area contributed by atoms with Crippen molar-refractivity contribution in [3.8, 4) is 11.1 Å². The van der Waals surface area contributed by atoms with Gasteiger partial charge in [0, 0.05) is 25.4 Å². The van der Waals surface area contributed by atoms with Gasteiger partial charge in [-0.1, -0.05) is 50.2 Å². The maximum atomic E-state index is 13.4. The Kier molecular flexibility index (Phi) is 6.87. The van der Waals surface area contributed by atoms with Gasteiger partial charge in [-0.2, -0.15) is 0 Å². The summed E-state index contributed by atoms with van der Waals surface area (Å²) in [6.45, 7) is 7.02. The molecule has 1 unspecified atom stereocenters. The van der Waals surface area contributed by atoms with Crippen LogP contribution in [0.25, 0.3) is 11.1 Å². The minimum atomic E-state index is -1.17. The highest BCUT2D eigenvalue weighted by atomic mass is 19.1. The van der Waals surface area contributed by atoms with Gasteiger partial charge < -0.3 is 15.0 Å². The summed E-state index contributed by atoms with van der Waals surface area (Å²) in [6.07, 6.45) is 0.314. The lowest BCUT2D eigenvalue weighted by atomic mass is 9.87. The SMILES string of the molecule is CCNC(=O)C1(Cc2ccccc2-c2ccc(F)cc2)CN(C(=O)C(C)C)CCO1. The molecule has 0 aliphatic carbocycles. The molecule has 160 valence electrons. The van der Waals surface area contributed by atoms with E-state index in [0.717, 1.165) is 16.7 Å². The van der Waals surface area contributed by atoms with Crippen LogP contribution < -0.4 is 5.32 Å². The third-order valence-corrected chi connectivity index (χ3v) is 5.39. The Labute approximate surface area is 177 Å². The Bertz CT molecular complexity index is 898. The van der Waals surface area contributed by atoms with Crippen LogP contribution in [-0.4, -0.2) is 48.6 Å². The first-order valence-electron chi connectivity index (χ1n) is 10.4. The maximum absolute atomic E-state index is 13.4. The molecule has 5 nitrogen and oxygen atoms in total. The van der Waals surface area contributed by atoms with Crippen LogP contribution in [0.2, 0.25) is 0 Å². The van der Waals surface area contributed by atoms with Crippen LogP contribution in [-0.2, 0) is 20.7 Å². The van der Waals surface area contributed by atoms with Crippen molar-refractivity contribution >= 4 is 11.8 Å². The highest BCUT2D eigenvalue weighted by Crippen LogP contribution is 2.31. The highest BCUT2D eigenvalue weighted by molar-refractivity contribution is 5.88. The van der Waals surface area contributed by atoms with Gasteiger partial charge in [0.2, 0.25) is 5.91 Å². The molecule has 2 amide bonds. The molecule has 30 heavy (non-hydrogen) atoms. The summed E-state index contributed by atoms with van der Waals surface area (Å²) < 4.78 is 19.5. The molecule has 1 atom stereocenters. The monoisotopic (exact) mass is 412 g/mol. The van der Waals surface area contributed by atoms with Gasteiger partial charge in [0.25, 0.3) is 5.91 Å². The zero-order valence-corrected chi connectivity index (χ0v) is 17.8. The zero-order valence-electron chi connectivity index (χ0n) is 17.8. The fraction of sp³-hybridized carbons (Fsp3) is 0.417. The van der Waals surface area contributed by atoms with Gasteiger partial charge in [-0.3, -0.25) is 9.59 Å². The van der Waals surface area contributed by atoms with Gasteiger partial charge in [0.05, 0.1) is 13.2 Å². The van der Waals surface area contributed by atoms with E-state index in [9.17, 15) is 14.0 Å². The number of hydrogen-bond donors (Lipinski definition) is 1. The van der Waals surface area contributed by atoms with Gasteiger partial charge >= 0.3 is 0 Å². The van der Waals surface area contributed by atoms with E-state index in [1.165, 1.54) is 12.1 Å². The molecule has 0 spiro atoms. The van der Waals surface area contributed by atoms with Gasteiger partial charge in [0.1, 0.15) is 5.82 Å². The number of nitrogens with one attached hydrogen (secondary N) is 1. The Hall–Kier alpha value is -2.73. The van der Waals surface area contributed by atoms with Crippen molar-refractivity contribution < 1.29 is 18.7 Å². The van der Waals surface area contributed by atoms with Gasteiger partial charge in [-0.05, 0) is 35.7 Å². The molecule has 1 N–H and O–H groups in total. The van der Waals surface area contributed by atoms with E-state index in [1.54, 1.807) is 17.0 Å². The number of morpholine rings is 1. The minimum Gasteiger partial charge on any atom is -0.361 e. The number of halogens is 1. The van der Waals surface area contributed by atoms with Crippen molar-refractivity contribution in [1.29, 1.82) is 0 Å². The van der Waals surface area contributed by atoms with Crippen molar-refractivity contribution in [1.82, 2.24) is 10.2 Å². The predicted molar refractivity (Wildman–Crippen MR) is 114 cm³/mol. The lowest BCUT2D eigenvalue weighted by Gasteiger charge is -2.42. The Morgan fingerprint density at radius 1 is 1.17 bits per heavy atom. The molecular formula is C24H29FN2O3. The number of carbonyl (C=O) groups excluding carboxylic acids is 2. The number of hydrogen-bond acceptors (Lipinski definition) is 3. The molecule has 0 aromatic heterocycles. The summed E-state index contributed by atoms with van der Waals surface area (Å²) in [5.74, 6) is -0.658. The number of likely N-dealkylation sites (N-methyl/N-ethyl adjacent to an activating group) is 1. The largest absolute Gasteiger partial charge is 0.361 e. The van der Waals surface area contributed by atoms with E-state index in [1.807, 2.05) is 45.0 Å². The first kappa shape index (κ1) is 22.0. The van der Waals surface area contributed by atoms with Crippen LogP contribution in [0.3, 0.4) is 0 Å². The van der Waals surface area contributed by atoms with Crippen LogP contribution in [0.1, 0.15) is 26.3 Å². The minimum absolute atomic E-state index is 0.0128. The molecule has 6 heteroatoms. The predicted octanol–water partition coefficient (Wildman–Crippen LogP) is 3.42. The third kappa shape index (κ3) is 4.70. The first-order valence-corrected chi connectivity index (χ1v) is 10.4. The van der Waals surface area contributed by atoms with E-state index >= 15 is 0 Å². The molecule has 2 aromatic rings. The summed E-state index contributed by atoms with van der Waals surface area (Å²) in [7, 11) is 0. The van der Waals surface area contributed by atoms with Crippen molar-refractivity contribution in [3.63, 3.8) is 0 Å². The summed E-state index contributed by atoms with van der Waals surface area (Å²) in [5.41, 5.74) is 1.52. The highest BCUT2D eigenvalue weighted by Gasteiger charge is 2.45. The molecule has 0 bridgehead atoms. The van der Waals surface area contributed by atoms with Crippen LogP contribution in [0.15, 0.2) is 48.5 Å². The zero-order chi connectivity index (χ0) is 21.7. The summed E-state index contributed by atoms with van der Waals surface area (Å²) in [5, 5.41) is 2.88. The van der Waals surface area contributed by atoms with Gasteiger partial charge in [0.15, 0.2) is 5.60 Å². The average Bonchev–Trinajstić information content (AvgIpc) is 2.74. The van der Waals surface area contributed by atoms with E-state index in [4.69, 9.17) is 4.74 Å². The van der Waals surface area contributed by atoms with Crippen molar-refractivity contribution in [2.24, 2.45) is 5.92 Å². The Morgan fingerprint density at radius 2 is 1.87 bits per heavy atom. The lowest BCUT2D eigenvalue weighted by molar-refractivity contribution is -0.167. The number of carbonyl (C=O) groups is 2. The number of rotatable bonds is 6. The summed E-state index contributed by atoms with van der Waals surface area (Å²) in [4.78, 5) is 27.5. The molecule has 1 saturated heterocycles. The number of nitrogens with zero attached hydrogens (tertiary/aromatic N) is 1. The quantitative estimate of drug-likeness (QED) is 0.791. The number of amides is 2. The standard InChI is InChI=1S/C24H29FN2O3/c1-4-26-23(29)24(16-27(13-14-30-24)22(28)17(2)3)15-19-7-5-6-8-21(19)18-9-11-20(25)12-10-18/h5-12,17H,4,13-16H2,1-3H3,(H,26,29). The van der Waals surface area contributed by atoms with Gasteiger partial charge in [-0.25, -0.2) is 4.39 Å². The Morgan fingerprint density at radius 3 is 2.53 bits per heavy atom. The van der Waals surface area contributed by atoms with Crippen molar-refractivity contribution in [2.45, 2.75) is 32.8 Å². The second kappa shape index (κ2) is 9.39. The van der Waals surface area contributed by atoms with Crippen molar-refractivity contribution in [2.75, 3.05) is 26.2 Å². The lowest BCUT2D eigenvalue weighted by Crippen LogP contribution is -2.62. The molecule has 1 heterocycles. The number of benzene rings is 2. The molecular weight excluding hydrogens is 383 g/mol. The van der Waals surface area contributed by atoms with Crippen LogP contribution in [0.4, 0.5) is 4.39 Å². The average molecular weight is 413 g/mol. The van der Waals surface area contributed by atoms with E-state index in [-0.39, 0.29) is 30.1 Å². The molecule has 0 radical (unpaired) electrons. The Balaban J connectivity index is 1.98. The molecule has 1 aliphatic heterocycles. The molecule has 3 rings (SSSR count). The number of ether oxygens (including phenoxy) is 1. The summed E-state index contributed by atoms with van der Waals surface area (Å²) >= 11 is 0. The molecule has 1 fully saturated rings. The molecule has 2 aromatic carbocycles. The fourth-order valence-corrected chi connectivity index (χ4v) is 3.88. The van der Waals surface area contributed by atoms with Crippen LogP contribution in [0, 0.1) is 11.7 Å². The first-order chi connectivity index (χ1) is 14.4.